The fraction of sp³-hybridized carbons (Fsp3) is 0.105. The smallest absolute Gasteiger partial charge is 0.325 e. The Morgan fingerprint density at radius 2 is 2.00 bits per heavy atom. The minimum atomic E-state index is -0.514. The lowest BCUT2D eigenvalue weighted by atomic mass is 10.2. The number of ether oxygens (including phenoxy) is 1. The van der Waals surface area contributed by atoms with Crippen LogP contribution in [0, 0.1) is 10.1 Å². The summed E-state index contributed by atoms with van der Waals surface area (Å²) in [6.07, 6.45) is 0. The van der Waals surface area contributed by atoms with Crippen molar-refractivity contribution in [2.24, 2.45) is 4.99 Å². The van der Waals surface area contributed by atoms with Gasteiger partial charge in [-0.05, 0) is 24.3 Å². The number of hydrogen-bond acceptors (Lipinski definition) is 7. The topological polar surface area (TPSA) is 104 Å². The van der Waals surface area contributed by atoms with Gasteiger partial charge >= 0.3 is 5.97 Å². The van der Waals surface area contributed by atoms with Gasteiger partial charge in [0.05, 0.1) is 32.1 Å². The summed E-state index contributed by atoms with van der Waals surface area (Å²) in [5.74, 6) is -1.02. The van der Waals surface area contributed by atoms with Crippen LogP contribution in [0.3, 0.4) is 0 Å². The number of thiazole rings is 1. The second kappa shape index (κ2) is 7.98. The van der Waals surface area contributed by atoms with Crippen molar-refractivity contribution >= 4 is 72.1 Å². The number of nitro groups is 1. The van der Waals surface area contributed by atoms with Crippen molar-refractivity contribution in [3.63, 3.8) is 0 Å². The third kappa shape index (κ3) is 3.72. The number of carbonyl (C=O) groups is 2. The average molecular weight is 462 g/mol. The number of esters is 1. The fourth-order valence-electron chi connectivity index (χ4n) is 2.90. The molecular formula is C19H12ClN3O5S2. The lowest BCUT2D eigenvalue weighted by Crippen LogP contribution is -2.22. The molecule has 4 rings (SSSR count). The molecule has 0 aliphatic heterocycles. The molecule has 0 fully saturated rings. The first-order valence-corrected chi connectivity index (χ1v) is 10.5. The van der Waals surface area contributed by atoms with E-state index < -0.39 is 16.8 Å². The molecule has 0 saturated carbocycles. The summed E-state index contributed by atoms with van der Waals surface area (Å²) in [4.78, 5) is 40.0. The Hall–Kier alpha value is -3.08. The molecular weight excluding hydrogens is 450 g/mol. The summed E-state index contributed by atoms with van der Waals surface area (Å²) in [6, 6.07) is 11.3. The summed E-state index contributed by atoms with van der Waals surface area (Å²) in [6.45, 7) is -0.148. The summed E-state index contributed by atoms with van der Waals surface area (Å²) >= 11 is 8.72. The van der Waals surface area contributed by atoms with E-state index in [-0.39, 0.29) is 12.2 Å². The Balaban J connectivity index is 1.82. The third-order valence-corrected chi connectivity index (χ3v) is 6.74. The van der Waals surface area contributed by atoms with Gasteiger partial charge in [-0.25, -0.2) is 0 Å². The number of benzene rings is 2. The summed E-state index contributed by atoms with van der Waals surface area (Å²) in [7, 11) is 1.28. The van der Waals surface area contributed by atoms with Crippen LogP contribution in [-0.4, -0.2) is 28.5 Å². The van der Waals surface area contributed by atoms with Crippen molar-refractivity contribution in [2.75, 3.05) is 7.11 Å². The predicted octanol–water partition coefficient (Wildman–Crippen LogP) is 4.39. The predicted molar refractivity (Wildman–Crippen MR) is 115 cm³/mol. The van der Waals surface area contributed by atoms with Gasteiger partial charge in [0.15, 0.2) is 4.80 Å². The molecule has 0 N–H and O–H groups in total. The zero-order valence-corrected chi connectivity index (χ0v) is 17.7. The highest BCUT2D eigenvalue weighted by Crippen LogP contribution is 2.30. The summed E-state index contributed by atoms with van der Waals surface area (Å²) < 4.78 is 7.80. The minimum absolute atomic E-state index is 0.0497. The first kappa shape index (κ1) is 20.2. The zero-order chi connectivity index (χ0) is 21.4. The van der Waals surface area contributed by atoms with E-state index in [4.69, 9.17) is 16.3 Å². The monoisotopic (exact) mass is 461 g/mol. The van der Waals surface area contributed by atoms with Crippen LogP contribution in [0.15, 0.2) is 47.5 Å². The Morgan fingerprint density at radius 1 is 1.20 bits per heavy atom. The number of fused-ring (bicyclic) bond motifs is 2. The average Bonchev–Trinajstić information content (AvgIpc) is 3.29. The first-order chi connectivity index (χ1) is 14.4. The molecule has 0 unspecified atom stereocenters. The van der Waals surface area contributed by atoms with Crippen LogP contribution in [0.4, 0.5) is 5.69 Å². The van der Waals surface area contributed by atoms with Gasteiger partial charge in [-0.15, -0.1) is 11.3 Å². The zero-order valence-electron chi connectivity index (χ0n) is 15.3. The van der Waals surface area contributed by atoms with Crippen molar-refractivity contribution in [1.29, 1.82) is 0 Å². The molecule has 0 bridgehead atoms. The lowest BCUT2D eigenvalue weighted by molar-refractivity contribution is -0.384. The second-order valence-corrected chi connectivity index (χ2v) is 8.64. The van der Waals surface area contributed by atoms with Gasteiger partial charge in [-0.1, -0.05) is 29.0 Å². The van der Waals surface area contributed by atoms with Gasteiger partial charge in [0.2, 0.25) is 0 Å². The fourth-order valence-corrected chi connectivity index (χ4v) is 5.22. The molecule has 152 valence electrons. The molecule has 0 saturated heterocycles. The molecule has 0 aliphatic carbocycles. The Morgan fingerprint density at radius 3 is 2.73 bits per heavy atom. The van der Waals surface area contributed by atoms with Crippen LogP contribution in [0.2, 0.25) is 5.02 Å². The third-order valence-electron chi connectivity index (χ3n) is 4.29. The van der Waals surface area contributed by atoms with Gasteiger partial charge in [0.1, 0.15) is 6.54 Å². The maximum absolute atomic E-state index is 12.8. The van der Waals surface area contributed by atoms with Crippen LogP contribution < -0.4 is 4.80 Å². The number of carbonyl (C=O) groups excluding carboxylic acids is 2. The summed E-state index contributed by atoms with van der Waals surface area (Å²) in [5.41, 5.74) is 0.541. The number of halogens is 1. The van der Waals surface area contributed by atoms with Crippen LogP contribution in [-0.2, 0) is 16.1 Å². The molecule has 2 aromatic carbocycles. The van der Waals surface area contributed by atoms with Gasteiger partial charge in [0.25, 0.3) is 11.6 Å². The SMILES string of the molecule is COC(=O)Cn1c(=NC(=O)c2cc3cc([N+](=O)[O-])ccc3s2)sc2cccc(Cl)c21. The number of hydrogen-bond donors (Lipinski definition) is 0. The molecule has 0 radical (unpaired) electrons. The van der Waals surface area contributed by atoms with E-state index in [1.54, 1.807) is 28.8 Å². The van der Waals surface area contributed by atoms with E-state index in [1.807, 2.05) is 6.07 Å². The number of thiophene rings is 1. The minimum Gasteiger partial charge on any atom is -0.468 e. The van der Waals surface area contributed by atoms with Crippen LogP contribution >= 0.6 is 34.3 Å². The largest absolute Gasteiger partial charge is 0.468 e. The Kier molecular flexibility index (Phi) is 5.37. The molecule has 30 heavy (non-hydrogen) atoms. The van der Waals surface area contributed by atoms with Crippen molar-refractivity contribution in [2.45, 2.75) is 6.54 Å². The van der Waals surface area contributed by atoms with Crippen molar-refractivity contribution in [1.82, 2.24) is 4.57 Å². The van der Waals surface area contributed by atoms with E-state index in [0.29, 0.717) is 25.6 Å². The molecule has 8 nitrogen and oxygen atoms in total. The maximum Gasteiger partial charge on any atom is 0.325 e. The van der Waals surface area contributed by atoms with Crippen LogP contribution in [0.5, 0.6) is 0 Å². The quantitative estimate of drug-likeness (QED) is 0.254. The molecule has 0 atom stereocenters. The van der Waals surface area contributed by atoms with E-state index in [0.717, 1.165) is 9.40 Å². The van der Waals surface area contributed by atoms with Crippen molar-refractivity contribution in [3.8, 4) is 0 Å². The molecule has 1 amide bonds. The first-order valence-electron chi connectivity index (χ1n) is 8.49. The second-order valence-electron chi connectivity index (χ2n) is 6.14. The summed E-state index contributed by atoms with van der Waals surface area (Å²) in [5, 5.41) is 12.0. The number of rotatable bonds is 4. The Bertz CT molecular complexity index is 1400. The number of para-hydroxylation sites is 1. The molecule has 11 heteroatoms. The maximum atomic E-state index is 12.8. The van der Waals surface area contributed by atoms with E-state index in [2.05, 4.69) is 4.99 Å². The normalized spacial score (nSPS) is 11.9. The van der Waals surface area contributed by atoms with E-state index in [1.165, 1.54) is 41.9 Å². The molecule has 2 heterocycles. The van der Waals surface area contributed by atoms with Gasteiger partial charge in [0, 0.05) is 22.2 Å². The van der Waals surface area contributed by atoms with Crippen molar-refractivity contribution in [3.05, 3.63) is 67.3 Å². The van der Waals surface area contributed by atoms with Crippen molar-refractivity contribution < 1.29 is 19.2 Å². The van der Waals surface area contributed by atoms with E-state index in [9.17, 15) is 19.7 Å². The molecule has 0 aliphatic rings. The van der Waals surface area contributed by atoms with Crippen LogP contribution in [0.25, 0.3) is 20.3 Å². The highest BCUT2D eigenvalue weighted by atomic mass is 35.5. The number of nitrogens with zero attached hydrogens (tertiary/aromatic N) is 3. The van der Waals surface area contributed by atoms with Gasteiger partial charge in [-0.2, -0.15) is 4.99 Å². The molecule has 4 aromatic rings. The van der Waals surface area contributed by atoms with E-state index >= 15 is 0 Å². The lowest BCUT2D eigenvalue weighted by Gasteiger charge is -2.04. The molecule has 0 spiro atoms. The number of amides is 1. The highest BCUT2D eigenvalue weighted by Gasteiger charge is 2.16. The number of methoxy groups -OCH3 is 1. The highest BCUT2D eigenvalue weighted by molar-refractivity contribution is 7.21. The standard InChI is InChI=1S/C19H12ClN3O5S2/c1-28-16(24)9-22-17-12(20)3-2-4-14(17)30-19(22)21-18(25)15-8-10-7-11(23(26)27)5-6-13(10)29-15/h2-8H,9H2,1H3. The number of non-ortho nitro benzene ring substituents is 1. The van der Waals surface area contributed by atoms with Crippen LogP contribution in [0.1, 0.15) is 9.67 Å². The number of aromatic nitrogens is 1. The van der Waals surface area contributed by atoms with Gasteiger partial charge < -0.3 is 9.30 Å². The van der Waals surface area contributed by atoms with Gasteiger partial charge in [-0.3, -0.25) is 19.7 Å². The number of nitro benzene ring substituents is 1. The molecule has 2 aromatic heterocycles. The Labute approximate surface area is 181 Å².